The number of aromatic hydroxyl groups is 1. The molecule has 94 valence electrons. The molecule has 0 amide bonds. The van der Waals surface area contributed by atoms with Gasteiger partial charge in [-0.15, -0.1) is 18.3 Å². The van der Waals surface area contributed by atoms with Gasteiger partial charge in [-0.25, -0.2) is 0 Å². The Morgan fingerprint density at radius 1 is 1.35 bits per heavy atom. The molecule has 1 N–H and O–H groups in total. The molecule has 2 heteroatoms. The van der Waals surface area contributed by atoms with Crippen molar-refractivity contribution in [2.24, 2.45) is 5.92 Å². The molecule has 1 unspecified atom stereocenters. The van der Waals surface area contributed by atoms with Gasteiger partial charge in [0.15, 0.2) is 0 Å². The summed E-state index contributed by atoms with van der Waals surface area (Å²) in [6.07, 6.45) is 4.42. The largest absolute Gasteiger partial charge is 0.507 e. The van der Waals surface area contributed by atoms with Crippen molar-refractivity contribution >= 4 is 11.8 Å². The number of allylic oxidation sites excluding steroid dienone is 1. The minimum atomic E-state index is 0.426. The highest BCUT2D eigenvalue weighted by molar-refractivity contribution is 7.99. The van der Waals surface area contributed by atoms with Gasteiger partial charge in [-0.1, -0.05) is 13.0 Å². The standard InChI is InChI=1S/C15H22OS/c1-5-11(2)7-6-8-17-14-9-12(3)15(16)13(4)10-14/h5,9-11,16H,1,6-8H2,2-4H3. The summed E-state index contributed by atoms with van der Waals surface area (Å²) in [4.78, 5) is 1.25. The molecule has 0 saturated heterocycles. The molecule has 1 rings (SSSR count). The SMILES string of the molecule is C=CC(C)CCCSc1cc(C)c(O)c(C)c1. The average Bonchev–Trinajstić information content (AvgIpc) is 2.31. The van der Waals surface area contributed by atoms with E-state index in [1.54, 1.807) is 0 Å². The molecule has 0 aliphatic carbocycles. The number of thioether (sulfide) groups is 1. The highest BCUT2D eigenvalue weighted by atomic mass is 32.2. The lowest BCUT2D eigenvalue weighted by Gasteiger charge is -2.08. The molecular formula is C15H22OS. The fourth-order valence-corrected chi connectivity index (χ4v) is 2.78. The Hall–Kier alpha value is -0.890. The number of benzene rings is 1. The Labute approximate surface area is 109 Å². The molecule has 17 heavy (non-hydrogen) atoms. The van der Waals surface area contributed by atoms with Crippen molar-refractivity contribution in [2.45, 2.75) is 38.5 Å². The fourth-order valence-electron chi connectivity index (χ4n) is 1.71. The maximum atomic E-state index is 9.69. The van der Waals surface area contributed by atoms with Crippen LogP contribution in [-0.2, 0) is 0 Å². The van der Waals surface area contributed by atoms with Crippen LogP contribution in [0.5, 0.6) is 5.75 Å². The molecule has 0 aromatic heterocycles. The highest BCUT2D eigenvalue weighted by Gasteiger charge is 2.04. The van der Waals surface area contributed by atoms with Gasteiger partial charge in [0, 0.05) is 4.90 Å². The predicted octanol–water partition coefficient (Wildman–Crippen LogP) is 4.70. The zero-order valence-electron chi connectivity index (χ0n) is 11.0. The van der Waals surface area contributed by atoms with Crippen molar-refractivity contribution in [3.63, 3.8) is 0 Å². The van der Waals surface area contributed by atoms with E-state index in [1.807, 2.05) is 31.7 Å². The number of hydrogen-bond acceptors (Lipinski definition) is 2. The summed E-state index contributed by atoms with van der Waals surface area (Å²) in [5.41, 5.74) is 1.93. The minimum absolute atomic E-state index is 0.426. The first-order valence-corrected chi connectivity index (χ1v) is 7.08. The first-order chi connectivity index (χ1) is 8.04. The van der Waals surface area contributed by atoms with Crippen molar-refractivity contribution < 1.29 is 5.11 Å². The van der Waals surface area contributed by atoms with E-state index in [2.05, 4.69) is 25.6 Å². The molecule has 0 bridgehead atoms. The van der Waals surface area contributed by atoms with Gasteiger partial charge in [0.25, 0.3) is 0 Å². The molecule has 1 nitrogen and oxygen atoms in total. The smallest absolute Gasteiger partial charge is 0.121 e. The normalized spacial score (nSPS) is 12.4. The molecule has 1 aromatic rings. The zero-order valence-corrected chi connectivity index (χ0v) is 11.8. The van der Waals surface area contributed by atoms with Crippen LogP contribution in [0.3, 0.4) is 0 Å². The molecule has 1 atom stereocenters. The average molecular weight is 250 g/mol. The van der Waals surface area contributed by atoms with Gasteiger partial charge in [0.2, 0.25) is 0 Å². The van der Waals surface area contributed by atoms with Crippen molar-refractivity contribution in [1.82, 2.24) is 0 Å². The zero-order chi connectivity index (χ0) is 12.8. The molecule has 1 aromatic carbocycles. The lowest BCUT2D eigenvalue weighted by Crippen LogP contribution is -1.90. The molecular weight excluding hydrogens is 228 g/mol. The first kappa shape index (κ1) is 14.2. The van der Waals surface area contributed by atoms with E-state index in [-0.39, 0.29) is 0 Å². The molecule has 0 spiro atoms. The first-order valence-electron chi connectivity index (χ1n) is 6.10. The molecule has 0 heterocycles. The second-order valence-corrected chi connectivity index (χ2v) is 5.78. The van der Waals surface area contributed by atoms with Crippen molar-refractivity contribution in [3.8, 4) is 5.75 Å². The van der Waals surface area contributed by atoms with Crippen LogP contribution in [0.15, 0.2) is 29.7 Å². The Balaban J connectivity index is 2.45. The summed E-state index contributed by atoms with van der Waals surface area (Å²) < 4.78 is 0. The van der Waals surface area contributed by atoms with Crippen LogP contribution in [0, 0.1) is 19.8 Å². The third-order valence-electron chi connectivity index (χ3n) is 2.94. The topological polar surface area (TPSA) is 20.2 Å². The van der Waals surface area contributed by atoms with E-state index in [4.69, 9.17) is 0 Å². The summed E-state index contributed by atoms with van der Waals surface area (Å²) in [6.45, 7) is 9.90. The van der Waals surface area contributed by atoms with E-state index in [1.165, 1.54) is 17.7 Å². The van der Waals surface area contributed by atoms with E-state index >= 15 is 0 Å². The van der Waals surface area contributed by atoms with E-state index in [0.717, 1.165) is 16.9 Å². The maximum absolute atomic E-state index is 9.69. The van der Waals surface area contributed by atoms with Crippen LogP contribution in [0.25, 0.3) is 0 Å². The van der Waals surface area contributed by atoms with Crippen molar-refractivity contribution in [2.75, 3.05) is 5.75 Å². The molecule has 0 fully saturated rings. The minimum Gasteiger partial charge on any atom is -0.507 e. The number of phenols is 1. The second kappa shape index (κ2) is 6.75. The van der Waals surface area contributed by atoms with Gasteiger partial charge in [0.05, 0.1) is 0 Å². The van der Waals surface area contributed by atoms with Crippen LogP contribution >= 0.6 is 11.8 Å². The molecule has 0 aliphatic heterocycles. The van der Waals surface area contributed by atoms with Crippen molar-refractivity contribution in [3.05, 3.63) is 35.9 Å². The Morgan fingerprint density at radius 3 is 2.47 bits per heavy atom. The number of hydrogen-bond donors (Lipinski definition) is 1. The van der Waals surface area contributed by atoms with Gasteiger partial charge in [-0.2, -0.15) is 0 Å². The Bertz CT molecular complexity index is 362. The molecule has 0 aliphatic rings. The summed E-state index contributed by atoms with van der Waals surface area (Å²) in [6, 6.07) is 4.12. The third kappa shape index (κ3) is 4.47. The molecule has 0 saturated carbocycles. The van der Waals surface area contributed by atoms with Crippen LogP contribution in [0.4, 0.5) is 0 Å². The van der Waals surface area contributed by atoms with Gasteiger partial charge in [-0.3, -0.25) is 0 Å². The Kier molecular flexibility index (Phi) is 5.63. The summed E-state index contributed by atoms with van der Waals surface area (Å²) >= 11 is 1.86. The predicted molar refractivity (Wildman–Crippen MR) is 76.9 cm³/mol. The lowest BCUT2D eigenvalue weighted by molar-refractivity contribution is 0.466. The van der Waals surface area contributed by atoms with Gasteiger partial charge >= 0.3 is 0 Å². The number of phenolic OH excluding ortho intramolecular Hbond substituents is 1. The highest BCUT2D eigenvalue weighted by Crippen LogP contribution is 2.29. The quantitative estimate of drug-likeness (QED) is 0.448. The maximum Gasteiger partial charge on any atom is 0.121 e. The van der Waals surface area contributed by atoms with Gasteiger partial charge in [-0.05, 0) is 61.6 Å². The van der Waals surface area contributed by atoms with Crippen LogP contribution in [0.1, 0.15) is 30.9 Å². The fraction of sp³-hybridized carbons (Fsp3) is 0.467. The second-order valence-electron chi connectivity index (χ2n) is 4.61. The van der Waals surface area contributed by atoms with Crippen LogP contribution < -0.4 is 0 Å². The van der Waals surface area contributed by atoms with E-state index in [9.17, 15) is 5.11 Å². The van der Waals surface area contributed by atoms with Crippen LogP contribution in [0.2, 0.25) is 0 Å². The summed E-state index contributed by atoms with van der Waals surface area (Å²) in [7, 11) is 0. The van der Waals surface area contributed by atoms with Crippen molar-refractivity contribution in [1.29, 1.82) is 0 Å². The van der Waals surface area contributed by atoms with Gasteiger partial charge in [0.1, 0.15) is 5.75 Å². The van der Waals surface area contributed by atoms with Gasteiger partial charge < -0.3 is 5.11 Å². The third-order valence-corrected chi connectivity index (χ3v) is 4.00. The number of rotatable bonds is 6. The monoisotopic (exact) mass is 250 g/mol. The van der Waals surface area contributed by atoms with E-state index in [0.29, 0.717) is 11.7 Å². The summed E-state index contributed by atoms with van der Waals surface area (Å²) in [5.74, 6) is 2.16. The van der Waals surface area contributed by atoms with E-state index < -0.39 is 0 Å². The number of aryl methyl sites for hydroxylation is 2. The lowest BCUT2D eigenvalue weighted by atomic mass is 10.1. The van der Waals surface area contributed by atoms with Crippen LogP contribution in [-0.4, -0.2) is 10.9 Å². The molecule has 0 radical (unpaired) electrons. The Morgan fingerprint density at radius 2 is 1.94 bits per heavy atom. The summed E-state index contributed by atoms with van der Waals surface area (Å²) in [5, 5.41) is 9.69.